The fourth-order valence-electron chi connectivity index (χ4n) is 9.45. The van der Waals surface area contributed by atoms with Crippen molar-refractivity contribution in [2.24, 2.45) is 17.8 Å². The summed E-state index contributed by atoms with van der Waals surface area (Å²) < 4.78 is 11.4. The molecule has 0 aromatic rings. The lowest BCUT2D eigenvalue weighted by Crippen LogP contribution is -2.44. The Hall–Kier alpha value is -1.14. The number of likely N-dealkylation sites (N-methyl/N-ethyl adjacent to an activating group) is 1. The van der Waals surface area contributed by atoms with Crippen molar-refractivity contribution >= 4 is 11.9 Å². The van der Waals surface area contributed by atoms with Crippen LogP contribution in [0.2, 0.25) is 0 Å². The molecule has 1 fully saturated rings. The van der Waals surface area contributed by atoms with Crippen LogP contribution in [0.4, 0.5) is 0 Å². The number of unbranched alkanes of at least 4 members (excludes halogenated alkanes) is 22. The van der Waals surface area contributed by atoms with Crippen molar-refractivity contribution in [3.63, 3.8) is 0 Å². The summed E-state index contributed by atoms with van der Waals surface area (Å²) in [6.45, 7) is 16.5. The van der Waals surface area contributed by atoms with E-state index in [-0.39, 0.29) is 11.9 Å². The number of carbonyl (C=O) groups is 2. The van der Waals surface area contributed by atoms with Crippen LogP contribution in [-0.4, -0.2) is 74.7 Å². The van der Waals surface area contributed by atoms with Crippen molar-refractivity contribution in [2.75, 3.05) is 53.0 Å². The van der Waals surface area contributed by atoms with Crippen LogP contribution in [0.1, 0.15) is 265 Å². The zero-order chi connectivity index (χ0) is 43.6. The molecule has 0 aliphatic carbocycles. The Balaban J connectivity index is 2.17. The second-order valence-electron chi connectivity index (χ2n) is 19.6. The molecule has 0 saturated carbocycles. The molecule has 0 aromatic carbocycles. The molecule has 6 heteroatoms. The van der Waals surface area contributed by atoms with Crippen LogP contribution >= 0.6 is 0 Å². The summed E-state index contributed by atoms with van der Waals surface area (Å²) in [4.78, 5) is 30.2. The van der Waals surface area contributed by atoms with Gasteiger partial charge in [-0.25, -0.2) is 0 Å². The zero-order valence-corrected chi connectivity index (χ0v) is 41.4. The van der Waals surface area contributed by atoms with Gasteiger partial charge in [-0.1, -0.05) is 207 Å². The van der Waals surface area contributed by atoms with Gasteiger partial charge in [0.15, 0.2) is 0 Å². The first-order chi connectivity index (χ1) is 29.4. The van der Waals surface area contributed by atoms with Gasteiger partial charge >= 0.3 is 11.9 Å². The maximum absolute atomic E-state index is 12.5. The highest BCUT2D eigenvalue weighted by molar-refractivity contribution is 5.70. The summed E-state index contributed by atoms with van der Waals surface area (Å²) >= 11 is 0. The van der Waals surface area contributed by atoms with E-state index in [1.165, 1.54) is 245 Å². The van der Waals surface area contributed by atoms with Crippen molar-refractivity contribution in [2.45, 2.75) is 265 Å². The number of piperazine rings is 1. The minimum Gasteiger partial charge on any atom is -0.466 e. The SMILES string of the molecule is CCCCCC(CCCCC)CC(=O)OCCCCCCCCCCC(CCCCCCCCCCOC(=O)CC(CCCCC)CCCCC)CCN1CCN(C)CC1. The first-order valence-corrected chi connectivity index (χ1v) is 27.1. The Morgan fingerprint density at radius 1 is 0.383 bits per heavy atom. The summed E-state index contributed by atoms with van der Waals surface area (Å²) in [7, 11) is 2.26. The predicted octanol–water partition coefficient (Wildman–Crippen LogP) is 15.7. The van der Waals surface area contributed by atoms with E-state index >= 15 is 0 Å². The summed E-state index contributed by atoms with van der Waals surface area (Å²) in [6, 6.07) is 0. The minimum atomic E-state index is 0.0445. The van der Waals surface area contributed by atoms with Gasteiger partial charge in [0.05, 0.1) is 13.2 Å². The second kappa shape index (κ2) is 43.1. The van der Waals surface area contributed by atoms with E-state index in [2.05, 4.69) is 44.5 Å². The smallest absolute Gasteiger partial charge is 0.306 e. The highest BCUT2D eigenvalue weighted by Crippen LogP contribution is 2.25. The highest BCUT2D eigenvalue weighted by atomic mass is 16.5. The third-order valence-corrected chi connectivity index (χ3v) is 13.8. The largest absolute Gasteiger partial charge is 0.466 e. The maximum atomic E-state index is 12.5. The Morgan fingerprint density at radius 2 is 0.683 bits per heavy atom. The van der Waals surface area contributed by atoms with Gasteiger partial charge in [0.2, 0.25) is 0 Å². The maximum Gasteiger partial charge on any atom is 0.306 e. The number of nitrogens with zero attached hydrogens (tertiary/aromatic N) is 2. The predicted molar refractivity (Wildman–Crippen MR) is 260 cm³/mol. The fourth-order valence-corrected chi connectivity index (χ4v) is 9.45. The van der Waals surface area contributed by atoms with E-state index in [4.69, 9.17) is 9.47 Å². The summed E-state index contributed by atoms with van der Waals surface area (Å²) in [5.74, 6) is 2.02. The molecular formula is C54H106N2O4. The number of esters is 2. The first kappa shape index (κ1) is 56.9. The standard InChI is InChI=1S/C54H106N2O4/c1-6-10-26-36-51(37-27-11-7-2)48-53(57)59-46-32-24-20-16-14-18-22-30-34-50(40-41-56-44-42-55(5)43-45-56)35-31-23-19-15-17-21-25-33-47-60-54(58)49-52(38-28-12-8-3)39-29-13-9-4/h50-52H,6-49H2,1-5H3. The van der Waals surface area contributed by atoms with Crippen molar-refractivity contribution in [1.82, 2.24) is 9.80 Å². The molecule has 0 atom stereocenters. The fraction of sp³-hybridized carbons (Fsp3) is 0.963. The van der Waals surface area contributed by atoms with E-state index < -0.39 is 0 Å². The molecule has 0 spiro atoms. The van der Waals surface area contributed by atoms with Crippen LogP contribution in [0.15, 0.2) is 0 Å². The molecule has 356 valence electrons. The van der Waals surface area contributed by atoms with Gasteiger partial charge < -0.3 is 19.3 Å². The molecule has 60 heavy (non-hydrogen) atoms. The molecule has 1 aliphatic rings. The van der Waals surface area contributed by atoms with Crippen molar-refractivity contribution in [3.05, 3.63) is 0 Å². The highest BCUT2D eigenvalue weighted by Gasteiger charge is 2.18. The van der Waals surface area contributed by atoms with Gasteiger partial charge in [-0.3, -0.25) is 9.59 Å². The minimum absolute atomic E-state index is 0.0445. The number of hydrogen-bond acceptors (Lipinski definition) is 6. The van der Waals surface area contributed by atoms with Crippen LogP contribution in [0, 0.1) is 17.8 Å². The molecule has 1 aliphatic heterocycles. The second-order valence-corrected chi connectivity index (χ2v) is 19.6. The van der Waals surface area contributed by atoms with Crippen LogP contribution in [0.5, 0.6) is 0 Å². The van der Waals surface area contributed by atoms with Crippen molar-refractivity contribution in [1.29, 1.82) is 0 Å². The third kappa shape index (κ3) is 36.4. The molecule has 1 saturated heterocycles. The lowest BCUT2D eigenvalue weighted by atomic mass is 9.91. The average Bonchev–Trinajstić information content (AvgIpc) is 3.24. The topological polar surface area (TPSA) is 59.1 Å². The normalized spacial score (nSPS) is 13.9. The summed E-state index contributed by atoms with van der Waals surface area (Å²) in [6.07, 6.45) is 46.0. The number of rotatable bonds is 45. The molecule has 0 radical (unpaired) electrons. The average molecular weight is 847 g/mol. The molecular weight excluding hydrogens is 741 g/mol. The van der Waals surface area contributed by atoms with Gasteiger partial charge in [-0.2, -0.15) is 0 Å². The molecule has 1 heterocycles. The Kier molecular flexibility index (Phi) is 40.9. The van der Waals surface area contributed by atoms with E-state index in [0.29, 0.717) is 37.9 Å². The summed E-state index contributed by atoms with van der Waals surface area (Å²) in [5.41, 5.74) is 0. The molecule has 6 nitrogen and oxygen atoms in total. The lowest BCUT2D eigenvalue weighted by Gasteiger charge is -2.33. The van der Waals surface area contributed by atoms with E-state index in [1.54, 1.807) is 0 Å². The molecule has 0 amide bonds. The van der Waals surface area contributed by atoms with Gasteiger partial charge in [0, 0.05) is 39.0 Å². The Morgan fingerprint density at radius 3 is 1.03 bits per heavy atom. The number of hydrogen-bond donors (Lipinski definition) is 0. The van der Waals surface area contributed by atoms with Crippen molar-refractivity contribution < 1.29 is 19.1 Å². The van der Waals surface area contributed by atoms with Gasteiger partial charge in [0.25, 0.3) is 0 Å². The molecule has 0 aromatic heterocycles. The van der Waals surface area contributed by atoms with Crippen molar-refractivity contribution in [3.8, 4) is 0 Å². The lowest BCUT2D eigenvalue weighted by molar-refractivity contribution is -0.146. The molecule has 0 bridgehead atoms. The summed E-state index contributed by atoms with van der Waals surface area (Å²) in [5, 5.41) is 0. The quantitative estimate of drug-likeness (QED) is 0.0449. The molecule has 0 unspecified atom stereocenters. The van der Waals surface area contributed by atoms with Crippen LogP contribution < -0.4 is 0 Å². The Bertz CT molecular complexity index is 841. The van der Waals surface area contributed by atoms with Gasteiger partial charge in [0.1, 0.15) is 0 Å². The third-order valence-electron chi connectivity index (χ3n) is 13.8. The number of carbonyl (C=O) groups excluding carboxylic acids is 2. The van der Waals surface area contributed by atoms with Gasteiger partial charge in [-0.05, 0) is 76.3 Å². The van der Waals surface area contributed by atoms with Crippen LogP contribution in [0.3, 0.4) is 0 Å². The number of ether oxygens (including phenoxy) is 2. The molecule has 0 N–H and O–H groups in total. The van der Waals surface area contributed by atoms with Crippen LogP contribution in [0.25, 0.3) is 0 Å². The van der Waals surface area contributed by atoms with E-state index in [0.717, 1.165) is 18.8 Å². The molecule has 1 rings (SSSR count). The zero-order valence-electron chi connectivity index (χ0n) is 41.4. The first-order valence-electron chi connectivity index (χ1n) is 27.1. The van der Waals surface area contributed by atoms with Gasteiger partial charge in [-0.15, -0.1) is 0 Å². The Labute approximate surface area is 375 Å². The monoisotopic (exact) mass is 847 g/mol. The van der Waals surface area contributed by atoms with E-state index in [9.17, 15) is 9.59 Å². The van der Waals surface area contributed by atoms with E-state index in [1.807, 2.05) is 0 Å². The van der Waals surface area contributed by atoms with Crippen LogP contribution in [-0.2, 0) is 19.1 Å².